The van der Waals surface area contributed by atoms with E-state index in [0.717, 1.165) is 17.7 Å². The summed E-state index contributed by atoms with van der Waals surface area (Å²) in [5, 5.41) is 4.26. The predicted octanol–water partition coefficient (Wildman–Crippen LogP) is 1.22. The van der Waals surface area contributed by atoms with Crippen molar-refractivity contribution in [2.24, 2.45) is 10.8 Å². The number of nitrogen functional groups attached to an aromatic ring is 1. The van der Waals surface area contributed by atoms with E-state index < -0.39 is 0 Å². The topological polar surface area (TPSA) is 76.4 Å². The zero-order valence-electron chi connectivity index (χ0n) is 8.53. The average molecular weight is 222 g/mol. The molecule has 1 aromatic rings. The van der Waals surface area contributed by atoms with Crippen LogP contribution in [0.25, 0.3) is 0 Å². The maximum Gasteiger partial charge on any atom is 0.184 e. The van der Waals surface area contributed by atoms with Crippen molar-refractivity contribution >= 4 is 28.7 Å². The molecule has 5 heteroatoms. The van der Waals surface area contributed by atoms with Crippen molar-refractivity contribution in [3.05, 3.63) is 29.8 Å². The molecule has 4 nitrogen and oxygen atoms in total. The second-order valence-electron chi connectivity index (χ2n) is 3.01. The molecule has 0 heterocycles. The van der Waals surface area contributed by atoms with Crippen molar-refractivity contribution in [3.8, 4) is 0 Å². The number of nitrogens with one attached hydrogen (secondary N) is 1. The van der Waals surface area contributed by atoms with Gasteiger partial charge >= 0.3 is 0 Å². The largest absolute Gasteiger partial charge is 0.399 e. The Morgan fingerprint density at radius 1 is 1.53 bits per heavy atom. The highest BCUT2D eigenvalue weighted by atomic mass is 32.1. The lowest BCUT2D eigenvalue weighted by atomic mass is 10.1. The van der Waals surface area contributed by atoms with Gasteiger partial charge in [-0.1, -0.05) is 19.1 Å². The van der Waals surface area contributed by atoms with Crippen LogP contribution in [0, 0.1) is 0 Å². The van der Waals surface area contributed by atoms with Crippen LogP contribution in [0.3, 0.4) is 0 Å². The van der Waals surface area contributed by atoms with E-state index in [2.05, 4.69) is 22.7 Å². The van der Waals surface area contributed by atoms with Gasteiger partial charge in [-0.25, -0.2) is 0 Å². The van der Waals surface area contributed by atoms with E-state index in [9.17, 15) is 0 Å². The lowest BCUT2D eigenvalue weighted by Crippen LogP contribution is -2.25. The van der Waals surface area contributed by atoms with Gasteiger partial charge in [-0.2, -0.15) is 5.10 Å². The number of benzene rings is 1. The standard InChI is InChI=1S/C10H14N4S/c1-2-9(13-14-10(12)15)7-4-3-5-8(11)6-7/h3-6H,2,11H2,1H3,(H3,12,14,15). The van der Waals surface area contributed by atoms with Crippen molar-refractivity contribution in [1.29, 1.82) is 0 Å². The van der Waals surface area contributed by atoms with E-state index in [1.807, 2.05) is 31.2 Å². The van der Waals surface area contributed by atoms with Gasteiger partial charge in [-0.15, -0.1) is 0 Å². The summed E-state index contributed by atoms with van der Waals surface area (Å²) in [6, 6.07) is 7.53. The lowest BCUT2D eigenvalue weighted by molar-refractivity contribution is 1.01. The molecule has 0 aromatic heterocycles. The minimum Gasteiger partial charge on any atom is -0.399 e. The molecule has 1 rings (SSSR count). The monoisotopic (exact) mass is 222 g/mol. The molecule has 1 aromatic carbocycles. The normalized spacial score (nSPS) is 11.1. The molecule has 0 saturated carbocycles. The number of hydrogen-bond acceptors (Lipinski definition) is 3. The Morgan fingerprint density at radius 2 is 2.27 bits per heavy atom. The molecule has 0 saturated heterocycles. The quantitative estimate of drug-likeness (QED) is 0.311. The third kappa shape index (κ3) is 3.55. The number of hydrazone groups is 1. The molecule has 15 heavy (non-hydrogen) atoms. The van der Waals surface area contributed by atoms with Gasteiger partial charge < -0.3 is 11.5 Å². The fourth-order valence-electron chi connectivity index (χ4n) is 1.19. The van der Waals surface area contributed by atoms with Gasteiger partial charge in [0.1, 0.15) is 0 Å². The Bertz CT molecular complexity index is 387. The van der Waals surface area contributed by atoms with E-state index in [4.69, 9.17) is 11.5 Å². The van der Waals surface area contributed by atoms with Crippen LogP contribution in [-0.4, -0.2) is 10.8 Å². The van der Waals surface area contributed by atoms with Crippen molar-refractivity contribution in [2.45, 2.75) is 13.3 Å². The van der Waals surface area contributed by atoms with Crippen molar-refractivity contribution in [1.82, 2.24) is 5.43 Å². The first-order chi connectivity index (χ1) is 7.13. The molecule has 0 fully saturated rings. The Morgan fingerprint density at radius 3 is 2.80 bits per heavy atom. The summed E-state index contributed by atoms with van der Waals surface area (Å²) in [6.45, 7) is 2.00. The Hall–Kier alpha value is -1.62. The van der Waals surface area contributed by atoms with E-state index in [-0.39, 0.29) is 5.11 Å². The molecule has 0 radical (unpaired) electrons. The summed E-state index contributed by atoms with van der Waals surface area (Å²) in [4.78, 5) is 0. The molecular formula is C10H14N4S. The molecule has 80 valence electrons. The molecule has 5 N–H and O–H groups in total. The predicted molar refractivity (Wildman–Crippen MR) is 67.6 cm³/mol. The average Bonchev–Trinajstić information content (AvgIpc) is 2.18. The zero-order chi connectivity index (χ0) is 11.3. The van der Waals surface area contributed by atoms with Gasteiger partial charge in [0, 0.05) is 5.69 Å². The zero-order valence-corrected chi connectivity index (χ0v) is 9.34. The maximum absolute atomic E-state index is 5.68. The number of nitrogens with two attached hydrogens (primary N) is 2. The highest BCUT2D eigenvalue weighted by molar-refractivity contribution is 7.80. The van der Waals surface area contributed by atoms with Crippen LogP contribution >= 0.6 is 12.2 Å². The first kappa shape index (κ1) is 11.5. The molecule has 0 aliphatic heterocycles. The van der Waals surface area contributed by atoms with Crippen LogP contribution in [0.4, 0.5) is 5.69 Å². The summed E-state index contributed by atoms with van der Waals surface area (Å²) in [7, 11) is 0. The summed E-state index contributed by atoms with van der Waals surface area (Å²) in [6.07, 6.45) is 0.777. The molecule has 0 aliphatic carbocycles. The van der Waals surface area contributed by atoms with E-state index in [1.165, 1.54) is 0 Å². The first-order valence-electron chi connectivity index (χ1n) is 4.61. The maximum atomic E-state index is 5.68. The van der Waals surface area contributed by atoms with Crippen molar-refractivity contribution < 1.29 is 0 Å². The van der Waals surface area contributed by atoms with Gasteiger partial charge in [0.05, 0.1) is 5.71 Å². The van der Waals surface area contributed by atoms with E-state index >= 15 is 0 Å². The number of rotatable bonds is 3. The van der Waals surface area contributed by atoms with Crippen molar-refractivity contribution in [2.75, 3.05) is 5.73 Å². The number of anilines is 1. The van der Waals surface area contributed by atoms with Crippen LogP contribution in [0.5, 0.6) is 0 Å². The van der Waals surface area contributed by atoms with Gasteiger partial charge in [-0.3, -0.25) is 5.43 Å². The molecule has 0 amide bonds. The minimum absolute atomic E-state index is 0.157. The fraction of sp³-hybridized carbons (Fsp3) is 0.200. The highest BCUT2D eigenvalue weighted by Gasteiger charge is 2.01. The fourth-order valence-corrected chi connectivity index (χ4v) is 1.23. The molecule has 0 atom stereocenters. The van der Waals surface area contributed by atoms with Gasteiger partial charge in [0.25, 0.3) is 0 Å². The van der Waals surface area contributed by atoms with Crippen LogP contribution in [0.2, 0.25) is 0 Å². The molecule has 0 spiro atoms. The van der Waals surface area contributed by atoms with Crippen LogP contribution in [0.1, 0.15) is 18.9 Å². The Balaban J connectivity index is 2.92. The molecule has 0 aliphatic rings. The summed E-state index contributed by atoms with van der Waals surface area (Å²) < 4.78 is 0. The minimum atomic E-state index is 0.157. The van der Waals surface area contributed by atoms with E-state index in [1.54, 1.807) is 0 Å². The second kappa shape index (κ2) is 5.31. The number of thiocarbonyl (C=S) groups is 1. The first-order valence-corrected chi connectivity index (χ1v) is 5.02. The van der Waals surface area contributed by atoms with Crippen LogP contribution in [-0.2, 0) is 0 Å². The Kier molecular flexibility index (Phi) is 4.05. The lowest BCUT2D eigenvalue weighted by Gasteiger charge is -2.05. The summed E-state index contributed by atoms with van der Waals surface area (Å²) >= 11 is 4.67. The van der Waals surface area contributed by atoms with Crippen LogP contribution in [0.15, 0.2) is 29.4 Å². The number of nitrogens with zero attached hydrogens (tertiary/aromatic N) is 1. The third-order valence-corrected chi connectivity index (χ3v) is 1.95. The number of hydrogen-bond donors (Lipinski definition) is 3. The summed E-state index contributed by atoms with van der Waals surface area (Å²) in [5.41, 5.74) is 16.1. The van der Waals surface area contributed by atoms with Gasteiger partial charge in [0.15, 0.2) is 5.11 Å². The smallest absolute Gasteiger partial charge is 0.184 e. The second-order valence-corrected chi connectivity index (χ2v) is 3.45. The Labute approximate surface area is 94.3 Å². The van der Waals surface area contributed by atoms with Gasteiger partial charge in [-0.05, 0) is 36.3 Å². The SMILES string of the molecule is CCC(=NNC(N)=S)c1cccc(N)c1. The molecule has 0 unspecified atom stereocenters. The van der Waals surface area contributed by atoms with Crippen molar-refractivity contribution in [3.63, 3.8) is 0 Å². The summed E-state index contributed by atoms with van der Waals surface area (Å²) in [5.74, 6) is 0. The molecular weight excluding hydrogens is 208 g/mol. The van der Waals surface area contributed by atoms with E-state index in [0.29, 0.717) is 5.69 Å². The third-order valence-electron chi connectivity index (χ3n) is 1.86. The highest BCUT2D eigenvalue weighted by Crippen LogP contribution is 2.09. The van der Waals surface area contributed by atoms with Crippen LogP contribution < -0.4 is 16.9 Å². The molecule has 0 bridgehead atoms. The van der Waals surface area contributed by atoms with Gasteiger partial charge in [0.2, 0.25) is 0 Å².